The van der Waals surface area contributed by atoms with Gasteiger partial charge in [0.2, 0.25) is 0 Å². The second-order valence-corrected chi connectivity index (χ2v) is 7.02. The number of hydrazone groups is 1. The van der Waals surface area contributed by atoms with Gasteiger partial charge in [0, 0.05) is 5.02 Å². The fraction of sp³-hybridized carbons (Fsp3) is 0.235. The summed E-state index contributed by atoms with van der Waals surface area (Å²) in [5.41, 5.74) is 1.44. The molecular formula is C17H19ClN2O3S. The van der Waals surface area contributed by atoms with Crippen LogP contribution in [0, 0.1) is 0 Å². The van der Waals surface area contributed by atoms with Crippen molar-refractivity contribution >= 4 is 27.3 Å². The number of benzene rings is 2. The molecule has 0 atom stereocenters. The van der Waals surface area contributed by atoms with E-state index in [2.05, 4.69) is 9.93 Å². The van der Waals surface area contributed by atoms with Gasteiger partial charge in [-0.1, -0.05) is 30.7 Å². The predicted octanol–water partition coefficient (Wildman–Crippen LogP) is 3.83. The van der Waals surface area contributed by atoms with Crippen LogP contribution in [-0.2, 0) is 10.0 Å². The maximum atomic E-state index is 12.3. The number of nitrogens with one attached hydrogen (secondary N) is 1. The van der Waals surface area contributed by atoms with Crippen molar-refractivity contribution in [2.75, 3.05) is 6.61 Å². The normalized spacial score (nSPS) is 12.0. The molecule has 128 valence electrons. The van der Waals surface area contributed by atoms with Gasteiger partial charge in [0.05, 0.1) is 17.2 Å². The Labute approximate surface area is 147 Å². The van der Waals surface area contributed by atoms with E-state index in [9.17, 15) is 8.42 Å². The lowest BCUT2D eigenvalue weighted by Crippen LogP contribution is -2.20. The van der Waals surface area contributed by atoms with Crippen molar-refractivity contribution in [3.05, 3.63) is 59.1 Å². The molecule has 0 unspecified atom stereocenters. The number of nitrogens with zero attached hydrogens (tertiary/aromatic N) is 1. The van der Waals surface area contributed by atoms with E-state index in [1.807, 2.05) is 13.8 Å². The molecule has 0 amide bonds. The molecule has 24 heavy (non-hydrogen) atoms. The van der Waals surface area contributed by atoms with Crippen LogP contribution in [0.15, 0.2) is 58.5 Å². The van der Waals surface area contributed by atoms with Crippen molar-refractivity contribution in [3.8, 4) is 5.75 Å². The van der Waals surface area contributed by atoms with Crippen molar-refractivity contribution in [3.63, 3.8) is 0 Å². The Morgan fingerprint density at radius 3 is 2.25 bits per heavy atom. The monoisotopic (exact) mass is 366 g/mol. The maximum Gasteiger partial charge on any atom is 0.276 e. The van der Waals surface area contributed by atoms with Crippen LogP contribution >= 0.6 is 11.6 Å². The molecule has 0 aliphatic rings. The van der Waals surface area contributed by atoms with E-state index < -0.39 is 10.0 Å². The van der Waals surface area contributed by atoms with Crippen molar-refractivity contribution in [1.82, 2.24) is 4.83 Å². The second-order valence-electron chi connectivity index (χ2n) is 4.92. The van der Waals surface area contributed by atoms with Gasteiger partial charge in [-0.3, -0.25) is 0 Å². The molecule has 0 saturated heterocycles. The van der Waals surface area contributed by atoms with Crippen LogP contribution in [0.2, 0.25) is 5.02 Å². The first-order chi connectivity index (χ1) is 11.5. The zero-order chi connectivity index (χ0) is 17.6. The molecule has 1 N–H and O–H groups in total. The van der Waals surface area contributed by atoms with Gasteiger partial charge in [-0.05, 0) is 55.3 Å². The topological polar surface area (TPSA) is 67.8 Å². The molecule has 0 aliphatic carbocycles. The van der Waals surface area contributed by atoms with Gasteiger partial charge in [0.25, 0.3) is 10.0 Å². The standard InChI is InChI=1S/C17H19ClN2O3S/c1-3-17(13-5-7-14(18)8-6-13)19-20-24(21,22)16-11-9-15(10-12-16)23-4-2/h5-12,20H,3-4H2,1-2H3/b19-17-. The minimum absolute atomic E-state index is 0.126. The Morgan fingerprint density at radius 2 is 1.71 bits per heavy atom. The van der Waals surface area contributed by atoms with Gasteiger partial charge in [-0.15, -0.1) is 0 Å². The van der Waals surface area contributed by atoms with Gasteiger partial charge in [-0.25, -0.2) is 0 Å². The van der Waals surface area contributed by atoms with Crippen molar-refractivity contribution in [1.29, 1.82) is 0 Å². The third-order valence-electron chi connectivity index (χ3n) is 3.26. The molecule has 0 radical (unpaired) electrons. The van der Waals surface area contributed by atoms with E-state index >= 15 is 0 Å². The average molecular weight is 367 g/mol. The highest BCUT2D eigenvalue weighted by Gasteiger charge is 2.13. The maximum absolute atomic E-state index is 12.3. The van der Waals surface area contributed by atoms with Gasteiger partial charge in [0.15, 0.2) is 0 Å². The second kappa shape index (κ2) is 8.17. The van der Waals surface area contributed by atoms with E-state index in [0.29, 0.717) is 29.5 Å². The molecule has 2 aromatic rings. The van der Waals surface area contributed by atoms with Crippen LogP contribution < -0.4 is 9.57 Å². The number of sulfonamides is 1. The average Bonchev–Trinajstić information content (AvgIpc) is 2.58. The van der Waals surface area contributed by atoms with Gasteiger partial charge in [0.1, 0.15) is 5.75 Å². The summed E-state index contributed by atoms with van der Waals surface area (Å²) in [5, 5.41) is 4.67. The largest absolute Gasteiger partial charge is 0.494 e. The summed E-state index contributed by atoms with van der Waals surface area (Å²) in [6.07, 6.45) is 0.577. The van der Waals surface area contributed by atoms with E-state index in [0.717, 1.165) is 5.56 Å². The number of rotatable bonds is 7. The van der Waals surface area contributed by atoms with E-state index in [1.54, 1.807) is 36.4 Å². The van der Waals surface area contributed by atoms with E-state index in [-0.39, 0.29) is 4.90 Å². The number of hydrogen-bond donors (Lipinski definition) is 1. The summed E-state index contributed by atoms with van der Waals surface area (Å²) in [6, 6.07) is 13.3. The van der Waals surface area contributed by atoms with Crippen LogP contribution in [0.25, 0.3) is 0 Å². The Morgan fingerprint density at radius 1 is 1.08 bits per heavy atom. The molecule has 2 aromatic carbocycles. The Kier molecular flexibility index (Phi) is 6.23. The lowest BCUT2D eigenvalue weighted by molar-refractivity contribution is 0.340. The van der Waals surface area contributed by atoms with Crippen LogP contribution in [0.3, 0.4) is 0 Å². The highest BCUT2D eigenvalue weighted by Crippen LogP contribution is 2.16. The Balaban J connectivity index is 2.19. The summed E-state index contributed by atoms with van der Waals surface area (Å²) in [6.45, 7) is 4.29. The smallest absolute Gasteiger partial charge is 0.276 e. The summed E-state index contributed by atoms with van der Waals surface area (Å²) in [7, 11) is -3.73. The van der Waals surface area contributed by atoms with Crippen LogP contribution in [0.4, 0.5) is 0 Å². The number of halogens is 1. The molecule has 0 aromatic heterocycles. The molecule has 7 heteroatoms. The van der Waals surface area contributed by atoms with E-state index in [4.69, 9.17) is 16.3 Å². The molecule has 0 saturated carbocycles. The molecule has 0 spiro atoms. The quantitative estimate of drug-likeness (QED) is 0.598. The fourth-order valence-corrected chi connectivity index (χ4v) is 3.00. The van der Waals surface area contributed by atoms with Crippen molar-refractivity contribution in [2.24, 2.45) is 5.10 Å². The van der Waals surface area contributed by atoms with Crippen molar-refractivity contribution in [2.45, 2.75) is 25.2 Å². The Hall–Kier alpha value is -2.05. The highest BCUT2D eigenvalue weighted by atomic mass is 35.5. The first-order valence-corrected chi connectivity index (χ1v) is 9.39. The summed E-state index contributed by atoms with van der Waals surface area (Å²) in [4.78, 5) is 2.40. The zero-order valence-corrected chi connectivity index (χ0v) is 15.1. The minimum Gasteiger partial charge on any atom is -0.494 e. The lowest BCUT2D eigenvalue weighted by Gasteiger charge is -2.08. The fourth-order valence-electron chi connectivity index (χ4n) is 2.04. The number of ether oxygens (including phenoxy) is 1. The van der Waals surface area contributed by atoms with E-state index in [1.165, 1.54) is 12.1 Å². The van der Waals surface area contributed by atoms with Crippen LogP contribution in [0.1, 0.15) is 25.8 Å². The summed E-state index contributed by atoms with van der Waals surface area (Å²) >= 11 is 5.86. The molecule has 0 heterocycles. The Bertz CT molecular complexity index is 801. The van der Waals surface area contributed by atoms with Gasteiger partial charge >= 0.3 is 0 Å². The SMILES string of the molecule is CCOc1ccc(S(=O)(=O)N/N=C(/CC)c2ccc(Cl)cc2)cc1. The van der Waals surface area contributed by atoms with Gasteiger partial charge < -0.3 is 4.74 Å². The van der Waals surface area contributed by atoms with Crippen LogP contribution in [0.5, 0.6) is 5.75 Å². The molecule has 2 rings (SSSR count). The first kappa shape index (κ1) is 18.3. The van der Waals surface area contributed by atoms with Gasteiger partial charge in [-0.2, -0.15) is 18.4 Å². The first-order valence-electron chi connectivity index (χ1n) is 7.53. The lowest BCUT2D eigenvalue weighted by atomic mass is 10.1. The molecule has 0 fully saturated rings. The summed E-state index contributed by atoms with van der Waals surface area (Å²) < 4.78 is 30.0. The minimum atomic E-state index is -3.73. The molecule has 0 aliphatic heterocycles. The van der Waals surface area contributed by atoms with Crippen molar-refractivity contribution < 1.29 is 13.2 Å². The zero-order valence-electron chi connectivity index (χ0n) is 13.5. The molecule has 5 nitrogen and oxygen atoms in total. The van der Waals surface area contributed by atoms with Crippen LogP contribution in [-0.4, -0.2) is 20.7 Å². The third-order valence-corrected chi connectivity index (χ3v) is 4.73. The highest BCUT2D eigenvalue weighted by molar-refractivity contribution is 7.89. The number of hydrogen-bond acceptors (Lipinski definition) is 4. The molecular weight excluding hydrogens is 348 g/mol. The third kappa shape index (κ3) is 4.72. The predicted molar refractivity (Wildman–Crippen MR) is 96.2 cm³/mol. The summed E-state index contributed by atoms with van der Waals surface area (Å²) in [5.74, 6) is 0.621. The molecule has 0 bridgehead atoms.